The molecule has 0 aliphatic rings. The first kappa shape index (κ1) is 16.1. The average molecular weight is 381 g/mol. The number of hydrogen-bond acceptors (Lipinski definition) is 4. The molecule has 0 fully saturated rings. The molecule has 1 aromatic heterocycles. The molecule has 1 aromatic carbocycles. The molecule has 1 amide bonds. The minimum atomic E-state index is -0.0982. The third-order valence-corrected chi connectivity index (χ3v) is 5.50. The molecule has 1 heterocycles. The first-order chi connectivity index (χ1) is 10.2. The fourth-order valence-corrected chi connectivity index (χ4v) is 4.09. The predicted octanol–water partition coefficient (Wildman–Crippen LogP) is 4.05. The van der Waals surface area contributed by atoms with Gasteiger partial charge in [0.15, 0.2) is 0 Å². The van der Waals surface area contributed by atoms with Gasteiger partial charge >= 0.3 is 0 Å². The Balaban J connectivity index is 1.68. The number of hydrogen-bond donors (Lipinski definition) is 1. The molecule has 6 heteroatoms. The standard InChI is InChI=1S/C15H13BrN2OS2/c16-14-6-5-13(21-14)10-20-8-7-18-15(19)12-3-1-11(9-17)2-4-12/h1-6H,7-8,10H2,(H,18,19). The van der Waals surface area contributed by atoms with Crippen molar-refractivity contribution >= 4 is 44.9 Å². The number of rotatable bonds is 6. The number of benzene rings is 1. The third kappa shape index (κ3) is 5.20. The maximum absolute atomic E-state index is 11.9. The van der Waals surface area contributed by atoms with Gasteiger partial charge in [-0.1, -0.05) is 0 Å². The van der Waals surface area contributed by atoms with E-state index in [9.17, 15) is 4.79 Å². The van der Waals surface area contributed by atoms with Crippen molar-refractivity contribution in [1.82, 2.24) is 5.32 Å². The maximum Gasteiger partial charge on any atom is 0.251 e. The lowest BCUT2D eigenvalue weighted by molar-refractivity contribution is 0.0956. The molecular weight excluding hydrogens is 368 g/mol. The molecule has 0 radical (unpaired) electrons. The molecule has 3 nitrogen and oxygen atoms in total. The van der Waals surface area contributed by atoms with Crippen molar-refractivity contribution in [3.8, 4) is 6.07 Å². The Labute approximate surface area is 140 Å². The monoisotopic (exact) mass is 380 g/mol. The molecular formula is C15H13BrN2OS2. The zero-order chi connectivity index (χ0) is 15.1. The second-order valence-corrected chi connectivity index (χ2v) is 7.86. The van der Waals surface area contributed by atoms with Gasteiger partial charge in [0.2, 0.25) is 0 Å². The summed E-state index contributed by atoms with van der Waals surface area (Å²) < 4.78 is 1.15. The van der Waals surface area contributed by atoms with Gasteiger partial charge in [0.05, 0.1) is 15.4 Å². The molecule has 2 aromatic rings. The number of carbonyl (C=O) groups is 1. The molecule has 0 aliphatic heterocycles. The molecule has 0 aliphatic carbocycles. The molecule has 0 saturated heterocycles. The van der Waals surface area contributed by atoms with E-state index in [0.29, 0.717) is 17.7 Å². The Morgan fingerprint density at radius 3 is 2.67 bits per heavy atom. The minimum Gasteiger partial charge on any atom is -0.351 e. The highest BCUT2D eigenvalue weighted by Gasteiger charge is 2.04. The number of carbonyl (C=O) groups excluding carboxylic acids is 1. The van der Waals surface area contributed by atoms with Gasteiger partial charge in [0.25, 0.3) is 5.91 Å². The molecule has 1 N–H and O–H groups in total. The summed E-state index contributed by atoms with van der Waals surface area (Å²) in [6, 6.07) is 12.8. The van der Waals surface area contributed by atoms with Crippen LogP contribution in [0.1, 0.15) is 20.8 Å². The molecule has 0 saturated carbocycles. The van der Waals surface area contributed by atoms with Crippen LogP contribution >= 0.6 is 39.0 Å². The quantitative estimate of drug-likeness (QED) is 0.769. The second-order valence-electron chi connectivity index (χ2n) is 4.20. The summed E-state index contributed by atoms with van der Waals surface area (Å²) >= 11 is 6.97. The number of amides is 1. The SMILES string of the molecule is N#Cc1ccc(C(=O)NCCSCc2ccc(Br)s2)cc1. The second kappa shape index (κ2) is 8.23. The lowest BCUT2D eigenvalue weighted by Gasteiger charge is -2.05. The Morgan fingerprint density at radius 1 is 1.29 bits per heavy atom. The zero-order valence-electron chi connectivity index (χ0n) is 11.1. The lowest BCUT2D eigenvalue weighted by atomic mass is 10.1. The summed E-state index contributed by atoms with van der Waals surface area (Å²) in [6.07, 6.45) is 0. The van der Waals surface area contributed by atoms with E-state index in [-0.39, 0.29) is 5.91 Å². The van der Waals surface area contributed by atoms with E-state index in [1.54, 1.807) is 47.4 Å². The van der Waals surface area contributed by atoms with Crippen LogP contribution in [0, 0.1) is 11.3 Å². The summed E-state index contributed by atoms with van der Waals surface area (Å²) in [4.78, 5) is 13.2. The minimum absolute atomic E-state index is 0.0982. The Hall–Kier alpha value is -1.29. The van der Waals surface area contributed by atoms with Crippen LogP contribution in [-0.2, 0) is 5.75 Å². The van der Waals surface area contributed by atoms with Crippen molar-refractivity contribution in [2.24, 2.45) is 0 Å². The largest absolute Gasteiger partial charge is 0.351 e. The van der Waals surface area contributed by atoms with E-state index in [4.69, 9.17) is 5.26 Å². The summed E-state index contributed by atoms with van der Waals surface area (Å²) in [6.45, 7) is 0.635. The van der Waals surface area contributed by atoms with Crippen LogP contribution in [0.15, 0.2) is 40.2 Å². The highest BCUT2D eigenvalue weighted by Crippen LogP contribution is 2.25. The summed E-state index contributed by atoms with van der Waals surface area (Å²) in [7, 11) is 0. The molecule has 0 bridgehead atoms. The van der Waals surface area contributed by atoms with Gasteiger partial charge < -0.3 is 5.32 Å². The fourth-order valence-electron chi connectivity index (χ4n) is 1.64. The van der Waals surface area contributed by atoms with Crippen molar-refractivity contribution in [2.75, 3.05) is 12.3 Å². The maximum atomic E-state index is 11.9. The summed E-state index contributed by atoms with van der Waals surface area (Å²) in [5, 5.41) is 11.6. The molecule has 0 spiro atoms. The van der Waals surface area contributed by atoms with E-state index in [0.717, 1.165) is 15.3 Å². The Morgan fingerprint density at radius 2 is 2.05 bits per heavy atom. The molecule has 0 atom stereocenters. The van der Waals surface area contributed by atoms with Gasteiger partial charge in [0, 0.05) is 28.5 Å². The van der Waals surface area contributed by atoms with Crippen LogP contribution in [0.25, 0.3) is 0 Å². The van der Waals surface area contributed by atoms with Crippen molar-refractivity contribution in [2.45, 2.75) is 5.75 Å². The normalized spacial score (nSPS) is 10.1. The average Bonchev–Trinajstić information content (AvgIpc) is 2.92. The van der Waals surface area contributed by atoms with Crippen LogP contribution in [0.2, 0.25) is 0 Å². The van der Waals surface area contributed by atoms with Gasteiger partial charge in [-0.25, -0.2) is 0 Å². The van der Waals surface area contributed by atoms with Gasteiger partial charge in [-0.3, -0.25) is 4.79 Å². The van der Waals surface area contributed by atoms with E-state index in [2.05, 4.69) is 27.3 Å². The van der Waals surface area contributed by atoms with E-state index < -0.39 is 0 Å². The third-order valence-electron chi connectivity index (χ3n) is 2.68. The van der Waals surface area contributed by atoms with Crippen LogP contribution in [-0.4, -0.2) is 18.2 Å². The zero-order valence-corrected chi connectivity index (χ0v) is 14.4. The van der Waals surface area contributed by atoms with Crippen LogP contribution in [0.3, 0.4) is 0 Å². The number of nitrogens with zero attached hydrogens (tertiary/aromatic N) is 1. The highest BCUT2D eigenvalue weighted by molar-refractivity contribution is 9.11. The first-order valence-electron chi connectivity index (χ1n) is 6.29. The smallest absolute Gasteiger partial charge is 0.251 e. The van der Waals surface area contributed by atoms with Gasteiger partial charge in [-0.2, -0.15) is 17.0 Å². The van der Waals surface area contributed by atoms with Crippen LogP contribution in [0.5, 0.6) is 0 Å². The van der Waals surface area contributed by atoms with Gasteiger partial charge in [0.1, 0.15) is 0 Å². The number of nitriles is 1. The molecule has 2 rings (SSSR count). The number of halogens is 1. The van der Waals surface area contributed by atoms with Gasteiger partial charge in [-0.15, -0.1) is 11.3 Å². The summed E-state index contributed by atoms with van der Waals surface area (Å²) in [5.74, 6) is 1.74. The van der Waals surface area contributed by atoms with Gasteiger partial charge in [-0.05, 0) is 52.3 Å². The Bertz CT molecular complexity index is 646. The van der Waals surface area contributed by atoms with Crippen molar-refractivity contribution in [3.05, 3.63) is 56.2 Å². The molecule has 0 unspecified atom stereocenters. The van der Waals surface area contributed by atoms with E-state index in [1.165, 1.54) is 4.88 Å². The highest BCUT2D eigenvalue weighted by atomic mass is 79.9. The predicted molar refractivity (Wildman–Crippen MR) is 91.7 cm³/mol. The van der Waals surface area contributed by atoms with Crippen molar-refractivity contribution < 1.29 is 4.79 Å². The first-order valence-corrected chi connectivity index (χ1v) is 9.06. The number of thiophene rings is 1. The van der Waals surface area contributed by atoms with Crippen LogP contribution in [0.4, 0.5) is 0 Å². The summed E-state index contributed by atoms with van der Waals surface area (Å²) in [5.41, 5.74) is 1.14. The topological polar surface area (TPSA) is 52.9 Å². The number of nitrogens with one attached hydrogen (secondary N) is 1. The Kier molecular flexibility index (Phi) is 6.30. The molecule has 21 heavy (non-hydrogen) atoms. The molecule has 108 valence electrons. The number of thioether (sulfide) groups is 1. The fraction of sp³-hybridized carbons (Fsp3) is 0.200. The lowest BCUT2D eigenvalue weighted by Crippen LogP contribution is -2.25. The van der Waals surface area contributed by atoms with E-state index >= 15 is 0 Å². The van der Waals surface area contributed by atoms with E-state index in [1.807, 2.05) is 12.1 Å². The van der Waals surface area contributed by atoms with Crippen molar-refractivity contribution in [1.29, 1.82) is 5.26 Å². The van der Waals surface area contributed by atoms with Crippen molar-refractivity contribution in [3.63, 3.8) is 0 Å². The van der Waals surface area contributed by atoms with Crippen LogP contribution < -0.4 is 5.32 Å².